The van der Waals surface area contributed by atoms with Crippen molar-refractivity contribution in [2.45, 2.75) is 0 Å². The number of hydrogen-bond acceptors (Lipinski definition) is 4. The van der Waals surface area contributed by atoms with E-state index in [0.717, 1.165) is 11.3 Å². The molecule has 6 heteroatoms. The van der Waals surface area contributed by atoms with Gasteiger partial charge in [0.2, 0.25) is 5.91 Å². The van der Waals surface area contributed by atoms with E-state index < -0.39 is 0 Å². The summed E-state index contributed by atoms with van der Waals surface area (Å²) in [6.07, 6.45) is 6.80. The minimum absolute atomic E-state index is 0.242. The average molecular weight is 323 g/mol. The van der Waals surface area contributed by atoms with Crippen LogP contribution in [0.5, 0.6) is 11.5 Å². The number of imidazole rings is 1. The van der Waals surface area contributed by atoms with Crippen LogP contribution in [-0.2, 0) is 4.79 Å². The second-order valence-corrected chi connectivity index (χ2v) is 5.00. The van der Waals surface area contributed by atoms with Crippen molar-refractivity contribution >= 4 is 23.3 Å². The molecule has 3 rings (SSSR count). The van der Waals surface area contributed by atoms with Crippen molar-refractivity contribution in [2.24, 2.45) is 0 Å². The Bertz CT molecular complexity index is 899. The Morgan fingerprint density at radius 3 is 2.79 bits per heavy atom. The van der Waals surface area contributed by atoms with Crippen LogP contribution in [0.4, 0.5) is 5.69 Å². The number of rotatable bonds is 5. The van der Waals surface area contributed by atoms with Crippen molar-refractivity contribution in [1.29, 1.82) is 0 Å². The van der Waals surface area contributed by atoms with Crippen LogP contribution in [0, 0.1) is 0 Å². The summed E-state index contributed by atoms with van der Waals surface area (Å²) in [5.74, 6) is 0.922. The first-order valence-electron chi connectivity index (χ1n) is 7.34. The highest BCUT2D eigenvalue weighted by atomic mass is 16.5. The van der Waals surface area contributed by atoms with Gasteiger partial charge in [0.15, 0.2) is 11.5 Å². The number of benzene rings is 1. The molecule has 2 aromatic heterocycles. The Morgan fingerprint density at radius 1 is 1.17 bits per heavy atom. The summed E-state index contributed by atoms with van der Waals surface area (Å²) in [7, 11) is 3.11. The molecule has 1 aromatic carbocycles. The monoisotopic (exact) mass is 323 g/mol. The molecule has 3 aromatic rings. The molecule has 0 aliphatic carbocycles. The zero-order chi connectivity index (χ0) is 16.9. The SMILES string of the molecule is COc1ccc(NC(=O)/C=C/c2cnc3ccccn23)cc1OC. The van der Waals surface area contributed by atoms with E-state index in [9.17, 15) is 4.79 Å². The highest BCUT2D eigenvalue weighted by Crippen LogP contribution is 2.29. The Labute approximate surface area is 139 Å². The first-order chi connectivity index (χ1) is 11.7. The lowest BCUT2D eigenvalue weighted by Gasteiger charge is -2.09. The van der Waals surface area contributed by atoms with E-state index in [4.69, 9.17) is 9.47 Å². The van der Waals surface area contributed by atoms with E-state index in [1.54, 1.807) is 44.7 Å². The molecule has 0 spiro atoms. The zero-order valence-corrected chi connectivity index (χ0v) is 13.4. The molecule has 1 amide bonds. The topological polar surface area (TPSA) is 64.9 Å². The molecule has 0 saturated heterocycles. The van der Waals surface area contributed by atoms with Crippen LogP contribution in [0.1, 0.15) is 5.69 Å². The minimum atomic E-state index is -0.242. The van der Waals surface area contributed by atoms with Gasteiger partial charge in [0, 0.05) is 24.0 Å². The highest BCUT2D eigenvalue weighted by molar-refractivity contribution is 6.02. The van der Waals surface area contributed by atoms with E-state index in [2.05, 4.69) is 10.3 Å². The van der Waals surface area contributed by atoms with Gasteiger partial charge in [-0.3, -0.25) is 4.79 Å². The highest BCUT2D eigenvalue weighted by Gasteiger charge is 2.06. The maximum Gasteiger partial charge on any atom is 0.248 e. The van der Waals surface area contributed by atoms with Gasteiger partial charge in [0.1, 0.15) is 5.65 Å². The molecule has 6 nitrogen and oxygen atoms in total. The third-order valence-corrected chi connectivity index (χ3v) is 3.50. The fraction of sp³-hybridized carbons (Fsp3) is 0.111. The predicted molar refractivity (Wildman–Crippen MR) is 92.4 cm³/mol. The standard InChI is InChI=1S/C18H17N3O3/c1-23-15-8-6-13(11-16(15)24-2)20-18(22)9-7-14-12-19-17-5-3-4-10-21(14)17/h3-12H,1-2H3,(H,20,22)/b9-7+. The van der Waals surface area contributed by atoms with Gasteiger partial charge in [-0.1, -0.05) is 6.07 Å². The number of methoxy groups -OCH3 is 2. The number of carbonyl (C=O) groups excluding carboxylic acids is 1. The third-order valence-electron chi connectivity index (χ3n) is 3.50. The van der Waals surface area contributed by atoms with Crippen LogP contribution in [-0.4, -0.2) is 29.5 Å². The van der Waals surface area contributed by atoms with Crippen LogP contribution in [0.15, 0.2) is 54.9 Å². The molecule has 0 aliphatic heterocycles. The summed E-state index contributed by atoms with van der Waals surface area (Å²) < 4.78 is 12.3. The van der Waals surface area contributed by atoms with E-state index in [0.29, 0.717) is 17.2 Å². The molecular weight excluding hydrogens is 306 g/mol. The van der Waals surface area contributed by atoms with Gasteiger partial charge in [0.05, 0.1) is 26.1 Å². The Hall–Kier alpha value is -3.28. The summed E-state index contributed by atoms with van der Waals surface area (Å²) in [6.45, 7) is 0. The number of pyridine rings is 1. The summed E-state index contributed by atoms with van der Waals surface area (Å²) in [5.41, 5.74) is 2.28. The number of fused-ring (bicyclic) bond motifs is 1. The molecule has 0 aliphatic rings. The molecule has 0 atom stereocenters. The molecular formula is C18H17N3O3. The fourth-order valence-electron chi connectivity index (χ4n) is 2.33. The van der Waals surface area contributed by atoms with Gasteiger partial charge in [-0.2, -0.15) is 0 Å². The van der Waals surface area contributed by atoms with E-state index in [1.165, 1.54) is 6.08 Å². The van der Waals surface area contributed by atoms with Gasteiger partial charge in [0.25, 0.3) is 0 Å². The summed E-state index contributed by atoms with van der Waals surface area (Å²) in [4.78, 5) is 16.4. The first kappa shape index (κ1) is 15.6. The molecule has 0 bridgehead atoms. The molecule has 0 unspecified atom stereocenters. The van der Waals surface area contributed by atoms with Gasteiger partial charge >= 0.3 is 0 Å². The lowest BCUT2D eigenvalue weighted by Crippen LogP contribution is -2.08. The summed E-state index contributed by atoms with van der Waals surface area (Å²) in [6, 6.07) is 10.9. The Kier molecular flexibility index (Phi) is 4.47. The summed E-state index contributed by atoms with van der Waals surface area (Å²) >= 11 is 0. The smallest absolute Gasteiger partial charge is 0.248 e. The van der Waals surface area contributed by atoms with Gasteiger partial charge < -0.3 is 19.2 Å². The number of aromatic nitrogens is 2. The molecule has 1 N–H and O–H groups in total. The normalized spacial score (nSPS) is 10.9. The molecule has 0 radical (unpaired) electrons. The van der Waals surface area contributed by atoms with Crippen molar-refractivity contribution in [2.75, 3.05) is 19.5 Å². The number of hydrogen-bond donors (Lipinski definition) is 1. The third kappa shape index (κ3) is 3.22. The molecule has 0 fully saturated rings. The van der Waals surface area contributed by atoms with Gasteiger partial charge in [-0.25, -0.2) is 4.98 Å². The predicted octanol–water partition coefficient (Wildman–Crippen LogP) is 3.00. The number of nitrogens with zero attached hydrogens (tertiary/aromatic N) is 2. The number of anilines is 1. The van der Waals surface area contributed by atoms with E-state index >= 15 is 0 Å². The van der Waals surface area contributed by atoms with Crippen molar-refractivity contribution in [3.8, 4) is 11.5 Å². The van der Waals surface area contributed by atoms with Crippen LogP contribution in [0.25, 0.3) is 11.7 Å². The summed E-state index contributed by atoms with van der Waals surface area (Å²) in [5, 5.41) is 2.79. The molecule has 24 heavy (non-hydrogen) atoms. The average Bonchev–Trinajstić information content (AvgIpc) is 3.03. The van der Waals surface area contributed by atoms with Crippen LogP contribution in [0.2, 0.25) is 0 Å². The van der Waals surface area contributed by atoms with E-state index in [-0.39, 0.29) is 5.91 Å². The van der Waals surface area contributed by atoms with Crippen molar-refractivity contribution in [3.05, 3.63) is 60.6 Å². The number of ether oxygens (including phenoxy) is 2. The van der Waals surface area contributed by atoms with Gasteiger partial charge in [-0.05, 0) is 30.3 Å². The number of nitrogens with one attached hydrogen (secondary N) is 1. The molecule has 0 saturated carbocycles. The second-order valence-electron chi connectivity index (χ2n) is 5.00. The lowest BCUT2D eigenvalue weighted by atomic mass is 10.2. The molecule has 2 heterocycles. The minimum Gasteiger partial charge on any atom is -0.493 e. The Balaban J connectivity index is 1.73. The second kappa shape index (κ2) is 6.87. The zero-order valence-electron chi connectivity index (χ0n) is 13.4. The quantitative estimate of drug-likeness (QED) is 0.733. The van der Waals surface area contributed by atoms with Crippen LogP contribution in [0.3, 0.4) is 0 Å². The van der Waals surface area contributed by atoms with Crippen LogP contribution < -0.4 is 14.8 Å². The van der Waals surface area contributed by atoms with Crippen molar-refractivity contribution < 1.29 is 14.3 Å². The first-order valence-corrected chi connectivity index (χ1v) is 7.34. The maximum atomic E-state index is 12.1. The lowest BCUT2D eigenvalue weighted by molar-refractivity contribution is -0.111. The van der Waals surface area contributed by atoms with Crippen molar-refractivity contribution in [3.63, 3.8) is 0 Å². The number of amides is 1. The maximum absolute atomic E-state index is 12.1. The van der Waals surface area contributed by atoms with E-state index in [1.807, 2.05) is 28.8 Å². The van der Waals surface area contributed by atoms with Crippen molar-refractivity contribution in [1.82, 2.24) is 9.38 Å². The fourth-order valence-corrected chi connectivity index (χ4v) is 2.33. The number of carbonyl (C=O) groups is 1. The van der Waals surface area contributed by atoms with Crippen LogP contribution >= 0.6 is 0 Å². The largest absolute Gasteiger partial charge is 0.493 e. The molecule has 122 valence electrons. The Morgan fingerprint density at radius 2 is 2.00 bits per heavy atom. The van der Waals surface area contributed by atoms with Gasteiger partial charge in [-0.15, -0.1) is 0 Å².